The molecule has 2 aliphatic rings. The van der Waals surface area contributed by atoms with Gasteiger partial charge in [-0.05, 0) is 25.7 Å². The Labute approximate surface area is 123 Å². The van der Waals surface area contributed by atoms with Crippen molar-refractivity contribution in [3.63, 3.8) is 0 Å². The fourth-order valence-corrected chi connectivity index (χ4v) is 3.03. The molecule has 0 aromatic carbocycles. The van der Waals surface area contributed by atoms with E-state index in [9.17, 15) is 14.4 Å². The molecule has 2 rings (SSSR count). The van der Waals surface area contributed by atoms with Crippen molar-refractivity contribution in [3.8, 4) is 0 Å². The smallest absolute Gasteiger partial charge is 0.320 e. The molecule has 7 heteroatoms. The van der Waals surface area contributed by atoms with E-state index in [2.05, 4.69) is 0 Å². The highest BCUT2D eigenvalue weighted by atomic mass is 16.5. The van der Waals surface area contributed by atoms with Gasteiger partial charge in [-0.15, -0.1) is 0 Å². The molecule has 0 saturated carbocycles. The van der Waals surface area contributed by atoms with Gasteiger partial charge in [0.1, 0.15) is 0 Å². The standard InChI is InChI=1S/C14H22N2O5/c1-21-13(19)11-3-2-6-16(9-11)14(20)15-7-4-10(5-8-15)12(17)18/h10-11H,2-9H2,1H3,(H,17,18). The van der Waals surface area contributed by atoms with E-state index < -0.39 is 5.97 Å². The molecule has 2 heterocycles. The Hall–Kier alpha value is -1.79. The first-order valence-electron chi connectivity index (χ1n) is 7.37. The molecule has 1 atom stereocenters. The zero-order valence-corrected chi connectivity index (χ0v) is 12.3. The largest absolute Gasteiger partial charge is 0.481 e. The second kappa shape index (κ2) is 6.78. The van der Waals surface area contributed by atoms with Gasteiger partial charge in [0.25, 0.3) is 0 Å². The summed E-state index contributed by atoms with van der Waals surface area (Å²) in [5, 5.41) is 8.97. The zero-order valence-electron chi connectivity index (χ0n) is 12.3. The average molecular weight is 298 g/mol. The van der Waals surface area contributed by atoms with Crippen molar-refractivity contribution >= 4 is 18.0 Å². The molecule has 0 bridgehead atoms. The summed E-state index contributed by atoms with van der Waals surface area (Å²) < 4.78 is 4.75. The number of nitrogens with zero attached hydrogens (tertiary/aromatic N) is 2. The minimum atomic E-state index is -0.786. The van der Waals surface area contributed by atoms with Crippen molar-refractivity contribution in [2.24, 2.45) is 11.8 Å². The number of esters is 1. The summed E-state index contributed by atoms with van der Waals surface area (Å²) in [4.78, 5) is 38.3. The Morgan fingerprint density at radius 3 is 2.24 bits per heavy atom. The molecule has 0 aliphatic carbocycles. The predicted molar refractivity (Wildman–Crippen MR) is 73.6 cm³/mol. The summed E-state index contributed by atoms with van der Waals surface area (Å²) in [6.45, 7) is 1.97. The van der Waals surface area contributed by atoms with Gasteiger partial charge < -0.3 is 19.6 Å². The molecule has 0 aromatic heterocycles. The molecule has 118 valence electrons. The number of carbonyl (C=O) groups excluding carboxylic acids is 2. The third-order valence-corrected chi connectivity index (χ3v) is 4.34. The number of amides is 2. The van der Waals surface area contributed by atoms with Gasteiger partial charge in [0, 0.05) is 26.2 Å². The molecule has 1 N–H and O–H groups in total. The monoisotopic (exact) mass is 298 g/mol. The number of aliphatic carboxylic acids is 1. The van der Waals surface area contributed by atoms with Crippen LogP contribution in [0.15, 0.2) is 0 Å². The molecular weight excluding hydrogens is 276 g/mol. The second-order valence-electron chi connectivity index (χ2n) is 5.69. The molecule has 21 heavy (non-hydrogen) atoms. The molecule has 1 unspecified atom stereocenters. The molecule has 0 radical (unpaired) electrons. The minimum absolute atomic E-state index is 0.0903. The molecule has 7 nitrogen and oxygen atoms in total. The third kappa shape index (κ3) is 3.65. The first-order valence-corrected chi connectivity index (χ1v) is 7.37. The van der Waals surface area contributed by atoms with Crippen molar-refractivity contribution in [1.29, 1.82) is 0 Å². The quantitative estimate of drug-likeness (QED) is 0.762. The van der Waals surface area contributed by atoms with E-state index >= 15 is 0 Å². The van der Waals surface area contributed by atoms with Crippen molar-refractivity contribution in [2.45, 2.75) is 25.7 Å². The van der Waals surface area contributed by atoms with Crippen LogP contribution < -0.4 is 0 Å². The number of hydrogen-bond acceptors (Lipinski definition) is 4. The van der Waals surface area contributed by atoms with Gasteiger partial charge >= 0.3 is 18.0 Å². The van der Waals surface area contributed by atoms with E-state index in [-0.39, 0.29) is 23.8 Å². The number of carbonyl (C=O) groups is 3. The maximum atomic E-state index is 12.4. The summed E-state index contributed by atoms with van der Waals surface area (Å²) in [5.74, 6) is -1.65. The summed E-state index contributed by atoms with van der Waals surface area (Å²) in [7, 11) is 1.36. The van der Waals surface area contributed by atoms with E-state index in [1.165, 1.54) is 7.11 Å². The van der Waals surface area contributed by atoms with Crippen LogP contribution in [0.25, 0.3) is 0 Å². The Morgan fingerprint density at radius 1 is 1.00 bits per heavy atom. The Balaban J connectivity index is 1.88. The van der Waals surface area contributed by atoms with Crippen LogP contribution in [0, 0.1) is 11.8 Å². The van der Waals surface area contributed by atoms with Gasteiger partial charge in [-0.25, -0.2) is 4.79 Å². The minimum Gasteiger partial charge on any atom is -0.481 e. The van der Waals surface area contributed by atoms with Crippen LogP contribution in [-0.4, -0.2) is 66.2 Å². The van der Waals surface area contributed by atoms with Crippen molar-refractivity contribution < 1.29 is 24.2 Å². The first-order chi connectivity index (χ1) is 10.0. The SMILES string of the molecule is COC(=O)C1CCCN(C(=O)N2CCC(C(=O)O)CC2)C1. The van der Waals surface area contributed by atoms with Gasteiger partial charge in [0.15, 0.2) is 0 Å². The highest BCUT2D eigenvalue weighted by Crippen LogP contribution is 2.22. The number of carboxylic acids is 1. The van der Waals surface area contributed by atoms with Crippen LogP contribution in [0.2, 0.25) is 0 Å². The molecule has 0 spiro atoms. The maximum Gasteiger partial charge on any atom is 0.320 e. The lowest BCUT2D eigenvalue weighted by atomic mass is 9.96. The van der Waals surface area contributed by atoms with Crippen molar-refractivity contribution in [2.75, 3.05) is 33.3 Å². The first kappa shape index (κ1) is 15.6. The van der Waals surface area contributed by atoms with E-state index in [0.717, 1.165) is 12.8 Å². The van der Waals surface area contributed by atoms with Gasteiger partial charge in [-0.1, -0.05) is 0 Å². The number of likely N-dealkylation sites (tertiary alicyclic amines) is 2. The normalized spacial score (nSPS) is 23.8. The van der Waals surface area contributed by atoms with Crippen LogP contribution in [-0.2, 0) is 14.3 Å². The number of carboxylic acid groups (broad SMARTS) is 1. The van der Waals surface area contributed by atoms with Gasteiger partial charge in [-0.2, -0.15) is 0 Å². The summed E-state index contributed by atoms with van der Waals surface area (Å²) in [5.41, 5.74) is 0. The van der Waals surface area contributed by atoms with Gasteiger partial charge in [0.2, 0.25) is 0 Å². The fraction of sp³-hybridized carbons (Fsp3) is 0.786. The predicted octanol–water partition coefficient (Wildman–Crippen LogP) is 0.788. The third-order valence-electron chi connectivity index (χ3n) is 4.34. The molecule has 2 aliphatic heterocycles. The number of methoxy groups -OCH3 is 1. The van der Waals surface area contributed by atoms with E-state index in [1.807, 2.05) is 0 Å². The van der Waals surface area contributed by atoms with Gasteiger partial charge in [-0.3, -0.25) is 9.59 Å². The van der Waals surface area contributed by atoms with E-state index in [1.54, 1.807) is 9.80 Å². The average Bonchev–Trinajstić information content (AvgIpc) is 2.53. The van der Waals surface area contributed by atoms with Crippen molar-refractivity contribution in [3.05, 3.63) is 0 Å². The highest BCUT2D eigenvalue weighted by molar-refractivity contribution is 5.78. The fourth-order valence-electron chi connectivity index (χ4n) is 3.03. The Morgan fingerprint density at radius 2 is 1.67 bits per heavy atom. The highest BCUT2D eigenvalue weighted by Gasteiger charge is 2.33. The molecule has 2 amide bonds. The van der Waals surface area contributed by atoms with Gasteiger partial charge in [0.05, 0.1) is 18.9 Å². The number of urea groups is 1. The topological polar surface area (TPSA) is 87.2 Å². The van der Waals surface area contributed by atoms with Crippen LogP contribution in [0.3, 0.4) is 0 Å². The van der Waals surface area contributed by atoms with Crippen LogP contribution in [0.4, 0.5) is 4.79 Å². The summed E-state index contributed by atoms with van der Waals surface area (Å²) >= 11 is 0. The van der Waals surface area contributed by atoms with Crippen molar-refractivity contribution in [1.82, 2.24) is 9.80 Å². The lowest BCUT2D eigenvalue weighted by Gasteiger charge is -2.37. The number of ether oxygens (including phenoxy) is 1. The van der Waals surface area contributed by atoms with Crippen LogP contribution >= 0.6 is 0 Å². The Bertz CT molecular complexity index is 418. The van der Waals surface area contributed by atoms with Crippen LogP contribution in [0.1, 0.15) is 25.7 Å². The molecule has 2 fully saturated rings. The maximum absolute atomic E-state index is 12.4. The number of rotatable bonds is 2. The number of piperidine rings is 2. The lowest BCUT2D eigenvalue weighted by molar-refractivity contribution is -0.147. The van der Waals surface area contributed by atoms with Crippen LogP contribution in [0.5, 0.6) is 0 Å². The molecular formula is C14H22N2O5. The lowest BCUT2D eigenvalue weighted by Crippen LogP contribution is -2.51. The molecule has 0 aromatic rings. The summed E-state index contributed by atoms with van der Waals surface area (Å²) in [6.07, 6.45) is 2.53. The number of hydrogen-bond donors (Lipinski definition) is 1. The van der Waals surface area contributed by atoms with E-state index in [0.29, 0.717) is 39.0 Å². The Kier molecular flexibility index (Phi) is 5.03. The molecule has 2 saturated heterocycles. The van der Waals surface area contributed by atoms with E-state index in [4.69, 9.17) is 9.84 Å². The zero-order chi connectivity index (χ0) is 15.4. The second-order valence-corrected chi connectivity index (χ2v) is 5.69. The summed E-state index contributed by atoms with van der Waals surface area (Å²) in [6, 6.07) is -0.0903.